The SMILES string of the molecule is COc1ccccc1NC(=O)C(=O)NC[C@@H](c1ccc(N(C)C)cc1)[NH+](C)C. The highest BCUT2D eigenvalue weighted by Crippen LogP contribution is 2.22. The second kappa shape index (κ2) is 9.75. The van der Waals surface area contributed by atoms with Crippen molar-refractivity contribution in [3.05, 3.63) is 54.1 Å². The Balaban J connectivity index is 2.00. The van der Waals surface area contributed by atoms with Gasteiger partial charge in [0.15, 0.2) is 0 Å². The van der Waals surface area contributed by atoms with E-state index in [1.165, 1.54) is 7.11 Å². The monoisotopic (exact) mass is 385 g/mol. The van der Waals surface area contributed by atoms with Crippen LogP contribution in [0.5, 0.6) is 5.75 Å². The summed E-state index contributed by atoms with van der Waals surface area (Å²) in [6.45, 7) is 0.349. The molecule has 150 valence electrons. The summed E-state index contributed by atoms with van der Waals surface area (Å²) < 4.78 is 5.19. The molecule has 3 N–H and O–H groups in total. The molecule has 0 aliphatic heterocycles. The number of amides is 2. The number of ether oxygens (including phenoxy) is 1. The number of benzene rings is 2. The van der Waals surface area contributed by atoms with Gasteiger partial charge in [-0.3, -0.25) is 9.59 Å². The van der Waals surface area contributed by atoms with E-state index in [-0.39, 0.29) is 6.04 Å². The second-order valence-corrected chi connectivity index (χ2v) is 6.98. The molecule has 0 spiro atoms. The molecule has 0 aliphatic rings. The van der Waals surface area contributed by atoms with Crippen LogP contribution in [0, 0.1) is 0 Å². The Bertz CT molecular complexity index is 804. The molecule has 2 aromatic carbocycles. The van der Waals surface area contributed by atoms with Gasteiger partial charge in [-0.2, -0.15) is 0 Å². The number of likely N-dealkylation sites (N-methyl/N-ethyl adjacent to an activating group) is 1. The van der Waals surface area contributed by atoms with Crippen LogP contribution < -0.4 is 25.2 Å². The molecule has 0 saturated carbocycles. The minimum atomic E-state index is -0.722. The molecule has 0 aromatic heterocycles. The van der Waals surface area contributed by atoms with Crippen molar-refractivity contribution < 1.29 is 19.2 Å². The molecule has 0 aliphatic carbocycles. The summed E-state index contributed by atoms with van der Waals surface area (Å²) in [6.07, 6.45) is 0. The molecule has 2 aromatic rings. The standard InChI is InChI=1S/C21H28N4O3/c1-24(2)16-12-10-15(11-13-16)18(25(3)4)14-22-20(26)21(27)23-17-8-6-7-9-19(17)28-5/h6-13,18H,14H2,1-5H3,(H,22,26)(H,23,27)/p+1/t18-/m0/s1. The van der Waals surface area contributed by atoms with E-state index < -0.39 is 11.8 Å². The van der Waals surface area contributed by atoms with Gasteiger partial charge in [0, 0.05) is 25.3 Å². The molecule has 0 bridgehead atoms. The van der Waals surface area contributed by atoms with E-state index in [0.717, 1.165) is 16.2 Å². The van der Waals surface area contributed by atoms with Gasteiger partial charge in [0.25, 0.3) is 0 Å². The van der Waals surface area contributed by atoms with Crippen LogP contribution in [0.15, 0.2) is 48.5 Å². The summed E-state index contributed by atoms with van der Waals surface area (Å²) in [6, 6.07) is 15.2. The molecule has 7 heteroatoms. The molecule has 0 unspecified atom stereocenters. The zero-order valence-corrected chi connectivity index (χ0v) is 17.1. The fourth-order valence-corrected chi connectivity index (χ4v) is 2.86. The Morgan fingerprint density at radius 1 is 1.04 bits per heavy atom. The van der Waals surface area contributed by atoms with Crippen molar-refractivity contribution >= 4 is 23.2 Å². The number of hydrogen-bond donors (Lipinski definition) is 3. The van der Waals surface area contributed by atoms with E-state index in [4.69, 9.17) is 4.74 Å². The van der Waals surface area contributed by atoms with Crippen LogP contribution in [-0.4, -0.2) is 53.7 Å². The van der Waals surface area contributed by atoms with E-state index in [1.807, 2.05) is 57.4 Å². The van der Waals surface area contributed by atoms with E-state index in [9.17, 15) is 9.59 Å². The van der Waals surface area contributed by atoms with Crippen LogP contribution in [-0.2, 0) is 9.59 Å². The highest BCUT2D eigenvalue weighted by Gasteiger charge is 2.22. The highest BCUT2D eigenvalue weighted by atomic mass is 16.5. The Labute approximate surface area is 166 Å². The summed E-state index contributed by atoms with van der Waals surface area (Å²) >= 11 is 0. The first-order valence-electron chi connectivity index (χ1n) is 9.13. The summed E-state index contributed by atoms with van der Waals surface area (Å²) in [4.78, 5) is 27.7. The van der Waals surface area contributed by atoms with Gasteiger partial charge in [-0.05, 0) is 24.3 Å². The lowest BCUT2D eigenvalue weighted by atomic mass is 10.1. The average molecular weight is 385 g/mol. The molecular formula is C21H29N4O3+. The van der Waals surface area contributed by atoms with Gasteiger partial charge in [0.1, 0.15) is 11.8 Å². The number of carbonyl (C=O) groups excluding carboxylic acids is 2. The summed E-state index contributed by atoms with van der Waals surface area (Å²) in [5.74, 6) is -0.901. The molecule has 0 fully saturated rings. The fraction of sp³-hybridized carbons (Fsp3) is 0.333. The third-order valence-electron chi connectivity index (χ3n) is 4.54. The third-order valence-corrected chi connectivity index (χ3v) is 4.54. The minimum absolute atomic E-state index is 0.0271. The Kier molecular flexibility index (Phi) is 7.40. The van der Waals surface area contributed by atoms with Crippen LogP contribution in [0.2, 0.25) is 0 Å². The van der Waals surface area contributed by atoms with Crippen LogP contribution in [0.1, 0.15) is 11.6 Å². The van der Waals surface area contributed by atoms with Crippen LogP contribution in [0.4, 0.5) is 11.4 Å². The lowest BCUT2D eigenvalue weighted by Crippen LogP contribution is -3.07. The number of rotatable bonds is 7. The minimum Gasteiger partial charge on any atom is -0.495 e. The molecule has 2 rings (SSSR count). The number of nitrogens with one attached hydrogen (secondary N) is 3. The number of methoxy groups -OCH3 is 1. The van der Waals surface area contributed by atoms with Gasteiger partial charge in [0.05, 0.1) is 33.4 Å². The van der Waals surface area contributed by atoms with Gasteiger partial charge in [0.2, 0.25) is 0 Å². The van der Waals surface area contributed by atoms with Crippen molar-refractivity contribution in [2.75, 3.05) is 52.1 Å². The van der Waals surface area contributed by atoms with E-state index in [1.54, 1.807) is 24.3 Å². The van der Waals surface area contributed by atoms with Crippen LogP contribution in [0.25, 0.3) is 0 Å². The molecule has 7 nitrogen and oxygen atoms in total. The first-order valence-corrected chi connectivity index (χ1v) is 9.13. The summed E-state index contributed by atoms with van der Waals surface area (Å²) in [7, 11) is 9.53. The topological polar surface area (TPSA) is 75.1 Å². The van der Waals surface area contributed by atoms with Crippen molar-refractivity contribution in [3.8, 4) is 5.75 Å². The summed E-state index contributed by atoms with van der Waals surface area (Å²) in [5.41, 5.74) is 2.66. The largest absolute Gasteiger partial charge is 0.495 e. The molecule has 28 heavy (non-hydrogen) atoms. The lowest BCUT2D eigenvalue weighted by molar-refractivity contribution is -0.890. The second-order valence-electron chi connectivity index (χ2n) is 6.98. The highest BCUT2D eigenvalue weighted by molar-refractivity contribution is 6.39. The van der Waals surface area contributed by atoms with Crippen LogP contribution >= 0.6 is 0 Å². The van der Waals surface area contributed by atoms with Gasteiger partial charge in [-0.1, -0.05) is 24.3 Å². The van der Waals surface area contributed by atoms with Crippen molar-refractivity contribution in [1.29, 1.82) is 0 Å². The fourth-order valence-electron chi connectivity index (χ4n) is 2.86. The van der Waals surface area contributed by atoms with E-state index in [0.29, 0.717) is 18.0 Å². The predicted molar refractivity (Wildman–Crippen MR) is 111 cm³/mol. The Hall–Kier alpha value is -3.06. The summed E-state index contributed by atoms with van der Waals surface area (Å²) in [5, 5.41) is 5.32. The lowest BCUT2D eigenvalue weighted by Gasteiger charge is -2.23. The zero-order valence-electron chi connectivity index (χ0n) is 17.1. The van der Waals surface area contributed by atoms with Crippen molar-refractivity contribution in [1.82, 2.24) is 5.32 Å². The molecule has 1 atom stereocenters. The molecule has 0 radical (unpaired) electrons. The average Bonchev–Trinajstić information content (AvgIpc) is 2.68. The van der Waals surface area contributed by atoms with E-state index in [2.05, 4.69) is 10.6 Å². The number of carbonyl (C=O) groups is 2. The molecule has 0 saturated heterocycles. The van der Waals surface area contributed by atoms with Crippen LogP contribution in [0.3, 0.4) is 0 Å². The predicted octanol–water partition coefficient (Wildman–Crippen LogP) is 0.702. The quantitative estimate of drug-likeness (QED) is 0.614. The Morgan fingerprint density at radius 2 is 1.68 bits per heavy atom. The number of nitrogens with zero attached hydrogens (tertiary/aromatic N) is 1. The van der Waals surface area contributed by atoms with Gasteiger partial charge >= 0.3 is 11.8 Å². The van der Waals surface area contributed by atoms with Crippen molar-refractivity contribution in [2.45, 2.75) is 6.04 Å². The first kappa shape index (κ1) is 21.2. The number of anilines is 2. The smallest absolute Gasteiger partial charge is 0.313 e. The van der Waals surface area contributed by atoms with Gasteiger partial charge in [-0.25, -0.2) is 0 Å². The normalized spacial score (nSPS) is 11.6. The number of quaternary nitrogens is 1. The molecule has 0 heterocycles. The maximum absolute atomic E-state index is 12.3. The molecule has 2 amide bonds. The maximum Gasteiger partial charge on any atom is 0.313 e. The van der Waals surface area contributed by atoms with Crippen molar-refractivity contribution in [2.24, 2.45) is 0 Å². The number of hydrogen-bond acceptors (Lipinski definition) is 4. The van der Waals surface area contributed by atoms with E-state index >= 15 is 0 Å². The molecular weight excluding hydrogens is 356 g/mol. The van der Waals surface area contributed by atoms with Gasteiger partial charge < -0.3 is 25.2 Å². The third kappa shape index (κ3) is 5.47. The first-order chi connectivity index (χ1) is 13.3. The number of para-hydroxylation sites is 2. The zero-order chi connectivity index (χ0) is 20.7. The van der Waals surface area contributed by atoms with Gasteiger partial charge in [-0.15, -0.1) is 0 Å². The van der Waals surface area contributed by atoms with Crippen molar-refractivity contribution in [3.63, 3.8) is 0 Å². The Morgan fingerprint density at radius 3 is 2.25 bits per heavy atom. The maximum atomic E-state index is 12.3.